The zero-order valence-corrected chi connectivity index (χ0v) is 9.82. The highest BCUT2D eigenvalue weighted by Crippen LogP contribution is 2.24. The van der Waals surface area contributed by atoms with E-state index in [1.54, 1.807) is 0 Å². The summed E-state index contributed by atoms with van der Waals surface area (Å²) in [6.07, 6.45) is 0. The summed E-state index contributed by atoms with van der Waals surface area (Å²) in [5.41, 5.74) is 8.93. The molecule has 0 unspecified atom stereocenters. The first-order valence-electron chi connectivity index (χ1n) is 5.81. The molecule has 88 valence electrons. The zero-order valence-electron chi connectivity index (χ0n) is 9.82. The second-order valence-corrected chi connectivity index (χ2v) is 4.07. The Hall–Kier alpha value is -2.55. The van der Waals surface area contributed by atoms with Crippen molar-refractivity contribution >= 4 is 5.82 Å². The normalized spacial score (nSPS) is 10.4. The fraction of sp³-hybridized carbons (Fsp3) is 0. The minimum atomic E-state index is 0.526. The van der Waals surface area contributed by atoms with Crippen molar-refractivity contribution in [1.82, 2.24) is 9.78 Å². The van der Waals surface area contributed by atoms with Gasteiger partial charge in [0.2, 0.25) is 0 Å². The molecule has 0 bridgehead atoms. The van der Waals surface area contributed by atoms with Gasteiger partial charge in [-0.05, 0) is 12.1 Å². The van der Waals surface area contributed by atoms with Gasteiger partial charge in [0.1, 0.15) is 5.82 Å². The van der Waals surface area contributed by atoms with Gasteiger partial charge in [-0.1, -0.05) is 48.5 Å². The van der Waals surface area contributed by atoms with Crippen LogP contribution in [-0.4, -0.2) is 9.78 Å². The molecule has 0 saturated carbocycles. The third kappa shape index (κ3) is 1.86. The van der Waals surface area contributed by atoms with Crippen LogP contribution < -0.4 is 5.73 Å². The van der Waals surface area contributed by atoms with Gasteiger partial charge in [0.25, 0.3) is 0 Å². The maximum atomic E-state index is 5.82. The van der Waals surface area contributed by atoms with Gasteiger partial charge < -0.3 is 5.73 Å². The third-order valence-corrected chi connectivity index (χ3v) is 2.80. The average Bonchev–Trinajstić information content (AvgIpc) is 2.83. The van der Waals surface area contributed by atoms with Crippen LogP contribution in [0.5, 0.6) is 0 Å². The van der Waals surface area contributed by atoms with E-state index in [2.05, 4.69) is 17.2 Å². The maximum absolute atomic E-state index is 5.82. The summed E-state index contributed by atoms with van der Waals surface area (Å²) in [6.45, 7) is 0. The predicted octanol–water partition coefficient (Wildman–Crippen LogP) is 3.12. The fourth-order valence-corrected chi connectivity index (χ4v) is 1.98. The summed E-state index contributed by atoms with van der Waals surface area (Å²) in [5.74, 6) is 0.526. The highest BCUT2D eigenvalue weighted by atomic mass is 15.3. The number of hydrogen-bond donors (Lipinski definition) is 1. The van der Waals surface area contributed by atoms with Gasteiger partial charge in [-0.25, -0.2) is 4.68 Å². The number of para-hydroxylation sites is 1. The summed E-state index contributed by atoms with van der Waals surface area (Å²) < 4.78 is 1.87. The van der Waals surface area contributed by atoms with Crippen LogP contribution in [0.3, 0.4) is 0 Å². The average molecular weight is 235 g/mol. The quantitative estimate of drug-likeness (QED) is 0.741. The lowest BCUT2D eigenvalue weighted by atomic mass is 10.1. The van der Waals surface area contributed by atoms with Gasteiger partial charge in [0.05, 0.1) is 11.4 Å². The Balaban J connectivity index is 2.17. The Bertz CT molecular complexity index is 585. The Kier molecular flexibility index (Phi) is 2.57. The van der Waals surface area contributed by atoms with E-state index in [1.165, 1.54) is 0 Å². The van der Waals surface area contributed by atoms with Gasteiger partial charge in [0.15, 0.2) is 0 Å². The first-order valence-corrected chi connectivity index (χ1v) is 5.81. The number of rotatable bonds is 2. The maximum Gasteiger partial charge on any atom is 0.146 e. The Labute approximate surface area is 105 Å². The molecule has 0 radical (unpaired) electrons. The van der Waals surface area contributed by atoms with Gasteiger partial charge >= 0.3 is 0 Å². The first-order chi connectivity index (χ1) is 8.84. The summed E-state index contributed by atoms with van der Waals surface area (Å²) in [6, 6.07) is 22.0. The first kappa shape index (κ1) is 10.6. The number of nitrogens with zero attached hydrogens (tertiary/aromatic N) is 2. The molecule has 2 N–H and O–H groups in total. The van der Waals surface area contributed by atoms with Gasteiger partial charge in [-0.2, -0.15) is 5.10 Å². The molecule has 0 aliphatic carbocycles. The lowest BCUT2D eigenvalue weighted by Crippen LogP contribution is -1.99. The predicted molar refractivity (Wildman–Crippen MR) is 73.4 cm³/mol. The lowest BCUT2D eigenvalue weighted by Gasteiger charge is -2.06. The topological polar surface area (TPSA) is 43.8 Å². The molecule has 0 aliphatic heterocycles. The van der Waals surface area contributed by atoms with Crippen LogP contribution in [0.25, 0.3) is 16.9 Å². The smallest absolute Gasteiger partial charge is 0.146 e. The lowest BCUT2D eigenvalue weighted by molar-refractivity contribution is 0.893. The number of hydrogen-bond acceptors (Lipinski definition) is 2. The molecule has 2 aromatic carbocycles. The van der Waals surface area contributed by atoms with Crippen LogP contribution in [0.15, 0.2) is 66.7 Å². The summed E-state index contributed by atoms with van der Waals surface area (Å²) >= 11 is 0. The number of nitrogen functional groups attached to an aromatic ring is 1. The van der Waals surface area contributed by atoms with E-state index in [-0.39, 0.29) is 0 Å². The summed E-state index contributed by atoms with van der Waals surface area (Å²) in [4.78, 5) is 0. The summed E-state index contributed by atoms with van der Waals surface area (Å²) in [7, 11) is 0. The second-order valence-electron chi connectivity index (χ2n) is 4.07. The van der Waals surface area contributed by atoms with Crippen molar-refractivity contribution in [1.29, 1.82) is 0 Å². The SMILES string of the molecule is Nc1cc(-c2ccccc2)n(-c2ccccc2)n1. The van der Waals surface area contributed by atoms with E-state index in [0.29, 0.717) is 5.82 Å². The van der Waals surface area contributed by atoms with Crippen molar-refractivity contribution in [2.24, 2.45) is 0 Å². The van der Waals surface area contributed by atoms with Crippen molar-refractivity contribution in [3.05, 3.63) is 66.7 Å². The van der Waals surface area contributed by atoms with E-state index in [9.17, 15) is 0 Å². The van der Waals surface area contributed by atoms with Crippen LogP contribution in [0, 0.1) is 0 Å². The van der Waals surface area contributed by atoms with Gasteiger partial charge in [-0.3, -0.25) is 0 Å². The molecule has 3 aromatic rings. The molecule has 0 aliphatic rings. The van der Waals surface area contributed by atoms with Crippen LogP contribution >= 0.6 is 0 Å². The van der Waals surface area contributed by atoms with E-state index >= 15 is 0 Å². The van der Waals surface area contributed by atoms with E-state index < -0.39 is 0 Å². The standard InChI is InChI=1S/C15H13N3/c16-15-11-14(12-7-3-1-4-8-12)18(17-15)13-9-5-2-6-10-13/h1-11H,(H2,16,17). The number of benzene rings is 2. The highest BCUT2D eigenvalue weighted by Gasteiger charge is 2.09. The minimum Gasteiger partial charge on any atom is -0.382 e. The fourth-order valence-electron chi connectivity index (χ4n) is 1.98. The molecule has 1 heterocycles. The summed E-state index contributed by atoms with van der Waals surface area (Å²) in [5, 5.41) is 4.35. The molecular formula is C15H13N3. The monoisotopic (exact) mass is 235 g/mol. The van der Waals surface area contributed by atoms with E-state index in [1.807, 2.05) is 59.3 Å². The molecule has 0 atom stereocenters. The third-order valence-electron chi connectivity index (χ3n) is 2.80. The van der Waals surface area contributed by atoms with Crippen LogP contribution in [0.4, 0.5) is 5.82 Å². The van der Waals surface area contributed by atoms with Crippen LogP contribution in [0.2, 0.25) is 0 Å². The van der Waals surface area contributed by atoms with Crippen molar-refractivity contribution in [2.45, 2.75) is 0 Å². The molecule has 3 rings (SSSR count). The largest absolute Gasteiger partial charge is 0.382 e. The number of aromatic nitrogens is 2. The molecular weight excluding hydrogens is 222 g/mol. The molecule has 0 saturated heterocycles. The zero-order chi connectivity index (χ0) is 12.4. The van der Waals surface area contributed by atoms with Crippen LogP contribution in [0.1, 0.15) is 0 Å². The van der Waals surface area contributed by atoms with Crippen molar-refractivity contribution in [2.75, 3.05) is 5.73 Å². The van der Waals surface area contributed by atoms with E-state index in [0.717, 1.165) is 16.9 Å². The molecule has 3 heteroatoms. The molecule has 0 fully saturated rings. The minimum absolute atomic E-state index is 0.526. The molecule has 1 aromatic heterocycles. The second kappa shape index (κ2) is 4.37. The Morgan fingerprint density at radius 1 is 0.833 bits per heavy atom. The van der Waals surface area contributed by atoms with Crippen molar-refractivity contribution in [3.8, 4) is 16.9 Å². The Morgan fingerprint density at radius 2 is 1.44 bits per heavy atom. The van der Waals surface area contributed by atoms with Crippen LogP contribution in [-0.2, 0) is 0 Å². The molecule has 0 spiro atoms. The van der Waals surface area contributed by atoms with Crippen molar-refractivity contribution < 1.29 is 0 Å². The number of anilines is 1. The van der Waals surface area contributed by atoms with E-state index in [4.69, 9.17) is 5.73 Å². The molecule has 0 amide bonds. The van der Waals surface area contributed by atoms with Gasteiger partial charge in [-0.15, -0.1) is 0 Å². The molecule has 3 nitrogen and oxygen atoms in total. The highest BCUT2D eigenvalue weighted by molar-refractivity contribution is 5.65. The number of nitrogens with two attached hydrogens (primary N) is 1. The van der Waals surface area contributed by atoms with Crippen molar-refractivity contribution in [3.63, 3.8) is 0 Å². The van der Waals surface area contributed by atoms with Gasteiger partial charge in [0, 0.05) is 11.6 Å². The molecule has 18 heavy (non-hydrogen) atoms. The Morgan fingerprint density at radius 3 is 2.11 bits per heavy atom.